The number of hydrogen-bond donors (Lipinski definition) is 1. The van der Waals surface area contributed by atoms with Gasteiger partial charge >= 0.3 is 6.18 Å². The Labute approximate surface area is 104 Å². The molecule has 0 aromatic carbocycles. The topological polar surface area (TPSA) is 34.1 Å². The third kappa shape index (κ3) is 6.44. The van der Waals surface area contributed by atoms with Gasteiger partial charge in [0, 0.05) is 12.6 Å². The number of ether oxygens (including phenoxy) is 1. The van der Waals surface area contributed by atoms with E-state index in [9.17, 15) is 13.2 Å². The molecule has 1 rings (SSSR count). The normalized spacial score (nSPS) is 11.6. The lowest BCUT2D eigenvalue weighted by Crippen LogP contribution is -2.16. The Morgan fingerprint density at radius 3 is 2.78 bits per heavy atom. The molecule has 0 fully saturated rings. The number of halogens is 3. The Morgan fingerprint density at radius 2 is 2.11 bits per heavy atom. The van der Waals surface area contributed by atoms with Crippen LogP contribution in [0.15, 0.2) is 18.2 Å². The summed E-state index contributed by atoms with van der Waals surface area (Å²) >= 11 is 0. The summed E-state index contributed by atoms with van der Waals surface area (Å²) < 4.78 is 40.8. The van der Waals surface area contributed by atoms with Crippen LogP contribution < -0.4 is 10.1 Å². The fourth-order valence-corrected chi connectivity index (χ4v) is 1.30. The summed E-state index contributed by atoms with van der Waals surface area (Å²) in [7, 11) is 0. The molecule has 0 bridgehead atoms. The van der Waals surface area contributed by atoms with Crippen molar-refractivity contribution in [3.63, 3.8) is 0 Å². The maximum absolute atomic E-state index is 11.9. The van der Waals surface area contributed by atoms with E-state index in [0.29, 0.717) is 6.54 Å². The van der Waals surface area contributed by atoms with Gasteiger partial charge in [-0.1, -0.05) is 13.0 Å². The second kappa shape index (κ2) is 7.20. The van der Waals surface area contributed by atoms with E-state index in [-0.39, 0.29) is 5.88 Å². The Bertz CT molecular complexity index is 355. The van der Waals surface area contributed by atoms with E-state index < -0.39 is 19.2 Å². The van der Waals surface area contributed by atoms with Crippen molar-refractivity contribution in [2.75, 3.05) is 13.2 Å². The van der Waals surface area contributed by atoms with Crippen molar-refractivity contribution in [2.24, 2.45) is 0 Å². The highest BCUT2D eigenvalue weighted by Crippen LogP contribution is 2.19. The Kier molecular flexibility index (Phi) is 5.91. The summed E-state index contributed by atoms with van der Waals surface area (Å²) in [5, 5.41) is 3.16. The number of rotatable bonds is 7. The summed E-state index contributed by atoms with van der Waals surface area (Å²) in [6.45, 7) is 3.12. The Hall–Kier alpha value is -1.30. The molecule has 1 aromatic heterocycles. The molecule has 0 saturated carbocycles. The SMILES string of the molecule is CCCNCc1cccc(OCCC(F)(F)F)n1. The first-order valence-electron chi connectivity index (χ1n) is 5.87. The van der Waals surface area contributed by atoms with Crippen molar-refractivity contribution in [3.05, 3.63) is 23.9 Å². The molecule has 0 unspecified atom stereocenters. The molecule has 1 N–H and O–H groups in total. The maximum atomic E-state index is 11.9. The van der Waals surface area contributed by atoms with E-state index in [1.165, 1.54) is 0 Å². The van der Waals surface area contributed by atoms with E-state index in [0.717, 1.165) is 18.7 Å². The molecule has 18 heavy (non-hydrogen) atoms. The van der Waals surface area contributed by atoms with Crippen molar-refractivity contribution in [1.29, 1.82) is 0 Å². The number of nitrogens with zero attached hydrogens (tertiary/aromatic N) is 1. The van der Waals surface area contributed by atoms with Crippen LogP contribution in [-0.2, 0) is 6.54 Å². The zero-order valence-electron chi connectivity index (χ0n) is 10.3. The minimum atomic E-state index is -4.19. The average Bonchev–Trinajstić information content (AvgIpc) is 2.28. The van der Waals surface area contributed by atoms with Gasteiger partial charge in [-0.2, -0.15) is 13.2 Å². The quantitative estimate of drug-likeness (QED) is 0.767. The summed E-state index contributed by atoms with van der Waals surface area (Å²) in [6.07, 6.45) is -4.14. The molecule has 102 valence electrons. The highest BCUT2D eigenvalue weighted by atomic mass is 19.4. The molecule has 0 saturated heterocycles. The van der Waals surface area contributed by atoms with Crippen LogP contribution in [0, 0.1) is 0 Å². The first-order valence-corrected chi connectivity index (χ1v) is 5.87. The minimum absolute atomic E-state index is 0.232. The van der Waals surface area contributed by atoms with Crippen LogP contribution in [0.2, 0.25) is 0 Å². The van der Waals surface area contributed by atoms with E-state index in [4.69, 9.17) is 4.74 Å². The van der Waals surface area contributed by atoms with Gasteiger partial charge in [0.1, 0.15) is 0 Å². The predicted octanol–water partition coefficient (Wildman–Crippen LogP) is 2.91. The van der Waals surface area contributed by atoms with Crippen LogP contribution >= 0.6 is 0 Å². The molecule has 3 nitrogen and oxygen atoms in total. The molecular weight excluding hydrogens is 245 g/mol. The Balaban J connectivity index is 2.39. The van der Waals surface area contributed by atoms with Crippen molar-refractivity contribution in [3.8, 4) is 5.88 Å². The largest absolute Gasteiger partial charge is 0.477 e. The van der Waals surface area contributed by atoms with Gasteiger partial charge in [0.25, 0.3) is 0 Å². The van der Waals surface area contributed by atoms with Gasteiger partial charge in [-0.3, -0.25) is 0 Å². The van der Waals surface area contributed by atoms with E-state index >= 15 is 0 Å². The fourth-order valence-electron chi connectivity index (χ4n) is 1.30. The molecule has 0 aliphatic rings. The van der Waals surface area contributed by atoms with Gasteiger partial charge in [0.15, 0.2) is 0 Å². The highest BCUT2D eigenvalue weighted by Gasteiger charge is 2.26. The Morgan fingerprint density at radius 1 is 1.33 bits per heavy atom. The van der Waals surface area contributed by atoms with Gasteiger partial charge in [-0.05, 0) is 19.0 Å². The van der Waals surface area contributed by atoms with Gasteiger partial charge < -0.3 is 10.1 Å². The van der Waals surface area contributed by atoms with Gasteiger partial charge in [-0.25, -0.2) is 4.98 Å². The first-order chi connectivity index (χ1) is 8.51. The zero-order valence-corrected chi connectivity index (χ0v) is 10.3. The van der Waals surface area contributed by atoms with Crippen LogP contribution in [0.1, 0.15) is 25.5 Å². The number of hydrogen-bond acceptors (Lipinski definition) is 3. The molecule has 0 aliphatic heterocycles. The summed E-state index contributed by atoms with van der Waals surface area (Å²) in [6, 6.07) is 5.08. The van der Waals surface area contributed by atoms with Crippen molar-refractivity contribution in [2.45, 2.75) is 32.5 Å². The van der Waals surface area contributed by atoms with E-state index in [2.05, 4.69) is 17.2 Å². The molecule has 1 heterocycles. The molecule has 0 spiro atoms. The number of nitrogens with one attached hydrogen (secondary N) is 1. The van der Waals surface area contributed by atoms with Crippen LogP contribution in [0.5, 0.6) is 5.88 Å². The first kappa shape index (κ1) is 14.8. The van der Waals surface area contributed by atoms with Gasteiger partial charge in [0.2, 0.25) is 5.88 Å². The standard InChI is InChI=1S/C12H17F3N2O/c1-2-7-16-9-10-4-3-5-11(17-10)18-8-6-12(13,14)15/h3-5,16H,2,6-9H2,1H3. The van der Waals surface area contributed by atoms with Crippen molar-refractivity contribution < 1.29 is 17.9 Å². The zero-order chi connectivity index (χ0) is 13.4. The van der Waals surface area contributed by atoms with Crippen LogP contribution in [0.3, 0.4) is 0 Å². The summed E-state index contributed by atoms with van der Waals surface area (Å²) in [5.41, 5.74) is 0.757. The third-order valence-electron chi connectivity index (χ3n) is 2.15. The maximum Gasteiger partial charge on any atom is 0.392 e. The second-order valence-electron chi connectivity index (χ2n) is 3.86. The molecule has 0 atom stereocenters. The van der Waals surface area contributed by atoms with Crippen molar-refractivity contribution in [1.82, 2.24) is 10.3 Å². The summed E-state index contributed by atoms with van der Waals surface area (Å²) in [5.74, 6) is 0.232. The number of alkyl halides is 3. The molecule has 1 aromatic rings. The molecule has 6 heteroatoms. The van der Waals surface area contributed by atoms with Crippen molar-refractivity contribution >= 4 is 0 Å². The lowest BCUT2D eigenvalue weighted by molar-refractivity contribution is -0.139. The lowest BCUT2D eigenvalue weighted by Gasteiger charge is -2.09. The fraction of sp³-hybridized carbons (Fsp3) is 0.583. The summed E-state index contributed by atoms with van der Waals surface area (Å²) in [4.78, 5) is 4.11. The highest BCUT2D eigenvalue weighted by molar-refractivity contribution is 5.15. The van der Waals surface area contributed by atoms with Crippen LogP contribution in [0.25, 0.3) is 0 Å². The minimum Gasteiger partial charge on any atom is -0.477 e. The van der Waals surface area contributed by atoms with E-state index in [1.54, 1.807) is 18.2 Å². The van der Waals surface area contributed by atoms with E-state index in [1.807, 2.05) is 0 Å². The lowest BCUT2D eigenvalue weighted by atomic mass is 10.3. The van der Waals surface area contributed by atoms with Crippen LogP contribution in [0.4, 0.5) is 13.2 Å². The smallest absolute Gasteiger partial charge is 0.392 e. The second-order valence-corrected chi connectivity index (χ2v) is 3.86. The third-order valence-corrected chi connectivity index (χ3v) is 2.15. The molecular formula is C12H17F3N2O. The number of aromatic nitrogens is 1. The molecule has 0 amide bonds. The monoisotopic (exact) mass is 262 g/mol. The predicted molar refractivity (Wildman–Crippen MR) is 62.4 cm³/mol. The molecule has 0 aliphatic carbocycles. The van der Waals surface area contributed by atoms with Gasteiger partial charge in [-0.15, -0.1) is 0 Å². The number of pyridine rings is 1. The average molecular weight is 262 g/mol. The van der Waals surface area contributed by atoms with Crippen LogP contribution in [-0.4, -0.2) is 24.3 Å². The van der Waals surface area contributed by atoms with Gasteiger partial charge in [0.05, 0.1) is 18.7 Å². The molecule has 0 radical (unpaired) electrons.